The Balaban J connectivity index is 2.46. The van der Waals surface area contributed by atoms with E-state index in [1.165, 1.54) is 13.2 Å². The fraction of sp³-hybridized carbons (Fsp3) is 0.571. The fourth-order valence-electron chi connectivity index (χ4n) is 2.94. The Bertz CT molecular complexity index is 435. The molecule has 0 heterocycles. The summed E-state index contributed by atoms with van der Waals surface area (Å²) in [5.41, 5.74) is -0.748. The Hall–Kier alpha value is -1.42. The first-order valence-corrected chi connectivity index (χ1v) is 6.05. The van der Waals surface area contributed by atoms with Gasteiger partial charge in [0.15, 0.2) is 11.5 Å². The van der Waals surface area contributed by atoms with Gasteiger partial charge in [0.1, 0.15) is 0 Å². The van der Waals surface area contributed by atoms with E-state index in [4.69, 9.17) is 9.47 Å². The van der Waals surface area contributed by atoms with E-state index < -0.39 is 5.41 Å². The topological polar surface area (TPSA) is 52.6 Å². The van der Waals surface area contributed by atoms with Crippen molar-refractivity contribution >= 4 is 11.6 Å². The molecule has 0 saturated heterocycles. The molecule has 0 saturated carbocycles. The number of fused-ring (bicyclic) bond motifs is 1. The third-order valence-electron chi connectivity index (χ3n) is 4.13. The molecule has 0 spiro atoms. The quantitative estimate of drug-likeness (QED) is 0.712. The van der Waals surface area contributed by atoms with E-state index in [2.05, 4.69) is 0 Å². The zero-order chi connectivity index (χ0) is 13.3. The van der Waals surface area contributed by atoms with Gasteiger partial charge in [0.2, 0.25) is 5.78 Å². The first-order chi connectivity index (χ1) is 8.55. The monoisotopic (exact) mass is 250 g/mol. The van der Waals surface area contributed by atoms with Crippen LogP contribution in [0.3, 0.4) is 0 Å². The van der Waals surface area contributed by atoms with E-state index in [-0.39, 0.29) is 29.2 Å². The number of methoxy groups -OCH3 is 2. The minimum Gasteiger partial charge on any atom is -0.493 e. The van der Waals surface area contributed by atoms with Gasteiger partial charge in [-0.2, -0.15) is 0 Å². The number of ketones is 2. The molecule has 4 nitrogen and oxygen atoms in total. The van der Waals surface area contributed by atoms with Crippen molar-refractivity contribution in [2.24, 2.45) is 17.3 Å². The van der Waals surface area contributed by atoms with E-state index in [0.29, 0.717) is 13.0 Å². The van der Waals surface area contributed by atoms with Gasteiger partial charge in [-0.25, -0.2) is 0 Å². The minimum atomic E-state index is -0.748. The molecule has 0 aromatic heterocycles. The summed E-state index contributed by atoms with van der Waals surface area (Å²) < 4.78 is 10.2. The normalized spacial score (nSPS) is 35.2. The van der Waals surface area contributed by atoms with Crippen molar-refractivity contribution in [2.75, 3.05) is 20.8 Å². The van der Waals surface area contributed by atoms with Crippen molar-refractivity contribution in [3.63, 3.8) is 0 Å². The van der Waals surface area contributed by atoms with Crippen molar-refractivity contribution < 1.29 is 19.1 Å². The molecular formula is C14H18O4. The minimum absolute atomic E-state index is 0.0283. The van der Waals surface area contributed by atoms with Gasteiger partial charge in [0, 0.05) is 25.0 Å². The zero-order valence-corrected chi connectivity index (χ0v) is 10.9. The molecule has 0 aromatic carbocycles. The van der Waals surface area contributed by atoms with E-state index in [0.717, 1.165) is 0 Å². The third-order valence-corrected chi connectivity index (χ3v) is 4.13. The van der Waals surface area contributed by atoms with Gasteiger partial charge in [-0.1, -0.05) is 19.1 Å². The third kappa shape index (κ3) is 1.72. The summed E-state index contributed by atoms with van der Waals surface area (Å²) in [5.74, 6) is -0.346. The van der Waals surface area contributed by atoms with Crippen molar-refractivity contribution in [1.29, 1.82) is 0 Å². The fourth-order valence-corrected chi connectivity index (χ4v) is 2.94. The maximum atomic E-state index is 12.5. The summed E-state index contributed by atoms with van der Waals surface area (Å²) >= 11 is 0. The number of hydrogen-bond acceptors (Lipinski definition) is 4. The van der Waals surface area contributed by atoms with Crippen LogP contribution in [-0.2, 0) is 19.1 Å². The van der Waals surface area contributed by atoms with Crippen LogP contribution in [0, 0.1) is 17.3 Å². The van der Waals surface area contributed by atoms with Gasteiger partial charge in [0.25, 0.3) is 0 Å². The second-order valence-corrected chi connectivity index (χ2v) is 5.01. The molecule has 0 radical (unpaired) electrons. The highest BCUT2D eigenvalue weighted by molar-refractivity contribution is 6.11. The molecule has 0 aliphatic heterocycles. The molecule has 0 amide bonds. The molecule has 0 aromatic rings. The highest BCUT2D eigenvalue weighted by atomic mass is 16.5. The summed E-state index contributed by atoms with van der Waals surface area (Å²) in [7, 11) is 3.02. The lowest BCUT2D eigenvalue weighted by molar-refractivity contribution is -0.143. The van der Waals surface area contributed by atoms with Crippen LogP contribution in [0.15, 0.2) is 24.0 Å². The Kier molecular flexibility index (Phi) is 3.39. The zero-order valence-electron chi connectivity index (χ0n) is 10.9. The number of allylic oxidation sites excluding steroid dienone is 3. The average Bonchev–Trinajstić information content (AvgIpc) is 2.36. The van der Waals surface area contributed by atoms with Crippen molar-refractivity contribution in [3.05, 3.63) is 24.0 Å². The van der Waals surface area contributed by atoms with Crippen LogP contribution in [-0.4, -0.2) is 32.4 Å². The van der Waals surface area contributed by atoms with Gasteiger partial charge in [-0.15, -0.1) is 0 Å². The van der Waals surface area contributed by atoms with Crippen molar-refractivity contribution in [1.82, 2.24) is 0 Å². The molecule has 98 valence electrons. The Morgan fingerprint density at radius 1 is 1.39 bits per heavy atom. The van der Waals surface area contributed by atoms with Crippen LogP contribution in [0.2, 0.25) is 0 Å². The van der Waals surface area contributed by atoms with Gasteiger partial charge < -0.3 is 9.47 Å². The first-order valence-electron chi connectivity index (χ1n) is 6.05. The van der Waals surface area contributed by atoms with Crippen LogP contribution in [0.25, 0.3) is 0 Å². The van der Waals surface area contributed by atoms with Crippen LogP contribution in [0.5, 0.6) is 0 Å². The lowest BCUT2D eigenvalue weighted by atomic mass is 9.58. The largest absolute Gasteiger partial charge is 0.493 e. The second kappa shape index (κ2) is 4.69. The highest BCUT2D eigenvalue weighted by Gasteiger charge is 2.54. The summed E-state index contributed by atoms with van der Waals surface area (Å²) in [6.45, 7) is 2.27. The van der Waals surface area contributed by atoms with Crippen LogP contribution in [0.1, 0.15) is 13.3 Å². The molecule has 0 bridgehead atoms. The van der Waals surface area contributed by atoms with Crippen molar-refractivity contribution in [3.8, 4) is 0 Å². The highest BCUT2D eigenvalue weighted by Crippen LogP contribution is 2.47. The summed E-state index contributed by atoms with van der Waals surface area (Å²) in [4.78, 5) is 24.6. The van der Waals surface area contributed by atoms with Gasteiger partial charge in [0.05, 0.1) is 19.1 Å². The maximum Gasteiger partial charge on any atom is 0.204 e. The predicted molar refractivity (Wildman–Crippen MR) is 65.8 cm³/mol. The molecule has 2 aliphatic rings. The van der Waals surface area contributed by atoms with Crippen molar-refractivity contribution in [2.45, 2.75) is 13.3 Å². The number of hydrogen-bond donors (Lipinski definition) is 0. The summed E-state index contributed by atoms with van der Waals surface area (Å²) in [6.07, 6.45) is 5.88. The molecule has 2 aliphatic carbocycles. The molecule has 0 N–H and O–H groups in total. The molecular weight excluding hydrogens is 232 g/mol. The molecule has 2 rings (SSSR count). The summed E-state index contributed by atoms with van der Waals surface area (Å²) in [6, 6.07) is 0. The Morgan fingerprint density at radius 2 is 2.11 bits per heavy atom. The smallest absolute Gasteiger partial charge is 0.204 e. The lowest BCUT2D eigenvalue weighted by Gasteiger charge is -2.44. The number of ether oxygens (including phenoxy) is 2. The number of rotatable bonds is 3. The Morgan fingerprint density at radius 3 is 2.72 bits per heavy atom. The van der Waals surface area contributed by atoms with E-state index >= 15 is 0 Å². The van der Waals surface area contributed by atoms with Gasteiger partial charge in [-0.05, 0) is 6.42 Å². The van der Waals surface area contributed by atoms with E-state index in [1.54, 1.807) is 7.11 Å². The first kappa shape index (κ1) is 13.0. The second-order valence-electron chi connectivity index (χ2n) is 5.01. The molecule has 4 heteroatoms. The van der Waals surface area contributed by atoms with Crippen LogP contribution < -0.4 is 0 Å². The maximum absolute atomic E-state index is 12.5. The van der Waals surface area contributed by atoms with Crippen LogP contribution >= 0.6 is 0 Å². The predicted octanol–water partition coefficient (Wildman–Crippen LogP) is 1.51. The molecule has 0 fully saturated rings. The summed E-state index contributed by atoms with van der Waals surface area (Å²) in [5, 5.41) is 0. The number of carbonyl (C=O) groups is 2. The standard InChI is InChI=1S/C14H18O4/c1-14-9(8-17-2)5-4-6-10(14)11(15)7-12(18-3)13(14)16/h4-5,7,9-10H,6,8H2,1-3H3/t9-,10?,14?/m0/s1. The SMILES string of the molecule is COC[C@@H]1C=CCC2C(=O)C=C(OC)C(=O)C21C. The van der Waals surface area contributed by atoms with Crippen LogP contribution in [0.4, 0.5) is 0 Å². The number of carbonyl (C=O) groups excluding carboxylic acids is 2. The van der Waals surface area contributed by atoms with E-state index in [1.807, 2.05) is 19.1 Å². The Labute approximate surface area is 107 Å². The van der Waals surface area contributed by atoms with Gasteiger partial charge in [-0.3, -0.25) is 9.59 Å². The average molecular weight is 250 g/mol. The number of Topliss-reactive ketones (excluding diaryl/α,β-unsaturated/α-hetero) is 1. The molecule has 18 heavy (non-hydrogen) atoms. The lowest BCUT2D eigenvalue weighted by Crippen LogP contribution is -2.51. The van der Waals surface area contributed by atoms with Gasteiger partial charge >= 0.3 is 0 Å². The molecule has 3 atom stereocenters. The van der Waals surface area contributed by atoms with E-state index in [9.17, 15) is 9.59 Å². The molecule has 2 unspecified atom stereocenters.